The molecule has 1 fully saturated rings. The highest BCUT2D eigenvalue weighted by Gasteiger charge is 2.33. The topological polar surface area (TPSA) is 76.5 Å². The largest absolute Gasteiger partial charge is 0.433 e. The van der Waals surface area contributed by atoms with Crippen LogP contribution in [0.25, 0.3) is 0 Å². The standard InChI is InChI=1S/C13H14F3N5OS/c1-21-9(19-20-11(21)7-3-2-4-7)6-23-12-17-8(13(14,15)16)5-10(22)18-12/h5,7H,2-4,6H2,1H3,(H,17,18,22). The summed E-state index contributed by atoms with van der Waals surface area (Å²) in [5.41, 5.74) is -2.03. The lowest BCUT2D eigenvalue weighted by Crippen LogP contribution is -2.17. The van der Waals surface area contributed by atoms with Crippen molar-refractivity contribution in [3.8, 4) is 0 Å². The fourth-order valence-corrected chi connectivity index (χ4v) is 3.16. The van der Waals surface area contributed by atoms with Crippen molar-refractivity contribution in [2.24, 2.45) is 7.05 Å². The Kier molecular flexibility index (Phi) is 4.17. The SMILES string of the molecule is Cn1c(CSc2nc(C(F)(F)F)cc(=O)[nH]2)nnc1C1CCC1. The Labute approximate surface area is 133 Å². The molecule has 10 heteroatoms. The maximum Gasteiger partial charge on any atom is 0.433 e. The van der Waals surface area contributed by atoms with Gasteiger partial charge >= 0.3 is 6.18 Å². The van der Waals surface area contributed by atoms with E-state index in [4.69, 9.17) is 0 Å². The Morgan fingerprint density at radius 1 is 1.39 bits per heavy atom. The van der Waals surface area contributed by atoms with Crippen molar-refractivity contribution in [3.05, 3.63) is 33.8 Å². The lowest BCUT2D eigenvalue weighted by Gasteiger charge is -2.24. The van der Waals surface area contributed by atoms with Crippen LogP contribution in [0.5, 0.6) is 0 Å². The first kappa shape index (κ1) is 16.0. The predicted octanol–water partition coefficient (Wildman–Crippen LogP) is 2.48. The summed E-state index contributed by atoms with van der Waals surface area (Å²) in [6.07, 6.45) is -1.30. The molecule has 2 heterocycles. The molecule has 0 saturated heterocycles. The van der Waals surface area contributed by atoms with Gasteiger partial charge < -0.3 is 9.55 Å². The maximum absolute atomic E-state index is 12.7. The first-order valence-corrected chi connectivity index (χ1v) is 8.02. The molecule has 6 nitrogen and oxygen atoms in total. The van der Waals surface area contributed by atoms with Gasteiger partial charge in [0.2, 0.25) is 0 Å². The molecule has 1 aliphatic rings. The van der Waals surface area contributed by atoms with Crippen LogP contribution in [0.2, 0.25) is 0 Å². The van der Waals surface area contributed by atoms with Gasteiger partial charge in [-0.05, 0) is 12.8 Å². The van der Waals surface area contributed by atoms with Crippen molar-refractivity contribution in [2.75, 3.05) is 0 Å². The van der Waals surface area contributed by atoms with E-state index in [1.165, 1.54) is 6.42 Å². The first-order valence-electron chi connectivity index (χ1n) is 7.04. The quantitative estimate of drug-likeness (QED) is 0.680. The normalized spacial score (nSPS) is 15.7. The number of nitrogens with zero attached hydrogens (tertiary/aromatic N) is 4. The molecule has 1 N–H and O–H groups in total. The Balaban J connectivity index is 1.75. The zero-order chi connectivity index (χ0) is 16.6. The molecule has 1 saturated carbocycles. The van der Waals surface area contributed by atoms with Crippen LogP contribution in [0.15, 0.2) is 16.0 Å². The van der Waals surface area contributed by atoms with E-state index >= 15 is 0 Å². The number of H-pyrrole nitrogens is 1. The van der Waals surface area contributed by atoms with Gasteiger partial charge in [-0.2, -0.15) is 13.2 Å². The number of hydrogen-bond acceptors (Lipinski definition) is 5. The number of halogens is 3. The highest BCUT2D eigenvalue weighted by molar-refractivity contribution is 7.98. The van der Waals surface area contributed by atoms with E-state index in [0.29, 0.717) is 17.8 Å². The Bertz CT molecular complexity index is 766. The lowest BCUT2D eigenvalue weighted by molar-refractivity contribution is -0.141. The van der Waals surface area contributed by atoms with E-state index in [1.807, 2.05) is 11.6 Å². The Morgan fingerprint density at radius 2 is 2.13 bits per heavy atom. The summed E-state index contributed by atoms with van der Waals surface area (Å²) >= 11 is 0.993. The second-order valence-electron chi connectivity index (χ2n) is 5.38. The average molecular weight is 345 g/mol. The van der Waals surface area contributed by atoms with Crippen LogP contribution < -0.4 is 5.56 Å². The second-order valence-corrected chi connectivity index (χ2v) is 6.35. The van der Waals surface area contributed by atoms with Gasteiger partial charge in [0.15, 0.2) is 10.9 Å². The molecule has 23 heavy (non-hydrogen) atoms. The predicted molar refractivity (Wildman–Crippen MR) is 77.0 cm³/mol. The van der Waals surface area contributed by atoms with E-state index in [1.54, 1.807) is 0 Å². The molecule has 0 amide bonds. The minimum Gasteiger partial charge on any atom is -0.317 e. The lowest BCUT2D eigenvalue weighted by atomic mass is 9.85. The summed E-state index contributed by atoms with van der Waals surface area (Å²) in [5.74, 6) is 2.23. The monoisotopic (exact) mass is 345 g/mol. The fourth-order valence-electron chi connectivity index (χ4n) is 2.30. The van der Waals surface area contributed by atoms with Gasteiger partial charge in [0, 0.05) is 19.0 Å². The van der Waals surface area contributed by atoms with Crippen LogP contribution in [-0.2, 0) is 19.0 Å². The summed E-state index contributed by atoms with van der Waals surface area (Å²) in [6.45, 7) is 0. The van der Waals surface area contributed by atoms with Gasteiger partial charge in [0.1, 0.15) is 11.6 Å². The minimum absolute atomic E-state index is 0.0852. The summed E-state index contributed by atoms with van der Waals surface area (Å²) in [5, 5.41) is 8.14. The van der Waals surface area contributed by atoms with Crippen molar-refractivity contribution in [1.82, 2.24) is 24.7 Å². The first-order chi connectivity index (χ1) is 10.8. The van der Waals surface area contributed by atoms with Crippen LogP contribution in [0, 0.1) is 0 Å². The van der Waals surface area contributed by atoms with Crippen LogP contribution in [0.3, 0.4) is 0 Å². The molecule has 2 aromatic rings. The van der Waals surface area contributed by atoms with Crippen LogP contribution in [0.1, 0.15) is 42.5 Å². The van der Waals surface area contributed by atoms with Gasteiger partial charge in [-0.15, -0.1) is 10.2 Å². The molecule has 1 aliphatic carbocycles. The van der Waals surface area contributed by atoms with Gasteiger partial charge in [0.05, 0.1) is 5.75 Å². The summed E-state index contributed by atoms with van der Waals surface area (Å²) in [6, 6.07) is 0.446. The number of nitrogens with one attached hydrogen (secondary N) is 1. The van der Waals surface area contributed by atoms with Crippen molar-refractivity contribution in [2.45, 2.75) is 42.3 Å². The molecular weight excluding hydrogens is 331 g/mol. The van der Waals surface area contributed by atoms with E-state index < -0.39 is 17.4 Å². The highest BCUT2D eigenvalue weighted by atomic mass is 32.2. The smallest absolute Gasteiger partial charge is 0.317 e. The van der Waals surface area contributed by atoms with Gasteiger partial charge in [-0.25, -0.2) is 4.98 Å². The van der Waals surface area contributed by atoms with E-state index in [2.05, 4.69) is 20.2 Å². The third kappa shape index (κ3) is 3.41. The highest BCUT2D eigenvalue weighted by Crippen LogP contribution is 2.35. The van der Waals surface area contributed by atoms with Gasteiger partial charge in [-0.3, -0.25) is 4.79 Å². The zero-order valence-electron chi connectivity index (χ0n) is 12.2. The van der Waals surface area contributed by atoms with E-state index in [0.717, 1.165) is 30.4 Å². The van der Waals surface area contributed by atoms with E-state index in [-0.39, 0.29) is 10.9 Å². The molecule has 0 aromatic carbocycles. The number of aromatic nitrogens is 5. The number of alkyl halides is 3. The molecule has 0 bridgehead atoms. The van der Waals surface area contributed by atoms with Crippen molar-refractivity contribution in [3.63, 3.8) is 0 Å². The van der Waals surface area contributed by atoms with Crippen LogP contribution >= 0.6 is 11.8 Å². The third-order valence-corrected chi connectivity index (χ3v) is 4.69. The van der Waals surface area contributed by atoms with Crippen molar-refractivity contribution in [1.29, 1.82) is 0 Å². The average Bonchev–Trinajstić information content (AvgIpc) is 2.75. The number of aromatic amines is 1. The summed E-state index contributed by atoms with van der Waals surface area (Å²) < 4.78 is 39.8. The molecule has 3 rings (SSSR count). The van der Waals surface area contributed by atoms with Crippen LogP contribution in [-0.4, -0.2) is 24.7 Å². The second kappa shape index (κ2) is 5.99. The zero-order valence-corrected chi connectivity index (χ0v) is 13.0. The maximum atomic E-state index is 12.7. The number of rotatable bonds is 4. The van der Waals surface area contributed by atoms with Crippen molar-refractivity contribution < 1.29 is 13.2 Å². The van der Waals surface area contributed by atoms with Crippen LogP contribution in [0.4, 0.5) is 13.2 Å². The molecule has 0 unspecified atom stereocenters. The molecular formula is C13H14F3N5OS. The third-order valence-electron chi connectivity index (χ3n) is 3.82. The molecule has 2 aromatic heterocycles. The Hall–Kier alpha value is -1.84. The van der Waals surface area contributed by atoms with Crippen molar-refractivity contribution >= 4 is 11.8 Å². The number of hydrogen-bond donors (Lipinski definition) is 1. The molecule has 0 aliphatic heterocycles. The van der Waals surface area contributed by atoms with E-state index in [9.17, 15) is 18.0 Å². The number of thioether (sulfide) groups is 1. The summed E-state index contributed by atoms with van der Waals surface area (Å²) in [4.78, 5) is 17.1. The fraction of sp³-hybridized carbons (Fsp3) is 0.538. The Morgan fingerprint density at radius 3 is 2.74 bits per heavy atom. The minimum atomic E-state index is -4.65. The molecule has 0 radical (unpaired) electrons. The van der Waals surface area contributed by atoms with Gasteiger partial charge in [0.25, 0.3) is 5.56 Å². The summed E-state index contributed by atoms with van der Waals surface area (Å²) in [7, 11) is 1.84. The van der Waals surface area contributed by atoms with Gasteiger partial charge in [-0.1, -0.05) is 18.2 Å². The molecule has 0 atom stereocenters. The molecule has 124 valence electrons. The molecule has 0 spiro atoms.